The van der Waals surface area contributed by atoms with Crippen molar-refractivity contribution in [3.05, 3.63) is 64.9 Å². The Hall–Kier alpha value is -2.86. The van der Waals surface area contributed by atoms with E-state index in [1.165, 1.54) is 0 Å². The summed E-state index contributed by atoms with van der Waals surface area (Å²) in [5, 5.41) is 7.16. The number of benzene rings is 2. The number of halogens is 1. The molecule has 1 N–H and O–H groups in total. The van der Waals surface area contributed by atoms with Gasteiger partial charge in [0, 0.05) is 10.6 Å². The van der Waals surface area contributed by atoms with Gasteiger partial charge in [-0.1, -0.05) is 40.5 Å². The fourth-order valence-corrected chi connectivity index (χ4v) is 2.51. The first-order valence-corrected chi connectivity index (χ1v) is 8.48. The molecule has 0 saturated carbocycles. The topological polar surface area (TPSA) is 77.2 Å². The molecule has 2 aromatic carbocycles. The zero-order valence-electron chi connectivity index (χ0n) is 14.4. The summed E-state index contributed by atoms with van der Waals surface area (Å²) < 4.78 is 10.8. The highest BCUT2D eigenvalue weighted by atomic mass is 35.5. The third kappa shape index (κ3) is 4.61. The van der Waals surface area contributed by atoms with Crippen LogP contribution in [0.5, 0.6) is 5.75 Å². The molecule has 0 spiro atoms. The molecular formula is C19H18ClN3O3. The molecule has 7 heteroatoms. The lowest BCUT2D eigenvalue weighted by molar-refractivity contribution is -0.127. The number of hydrogen-bond donors (Lipinski definition) is 1. The number of nitrogens with one attached hydrogen (secondary N) is 1. The molecule has 3 rings (SSSR count). The number of amides is 1. The maximum atomic E-state index is 12.2. The van der Waals surface area contributed by atoms with Crippen molar-refractivity contribution in [3.8, 4) is 17.2 Å². The smallest absolute Gasteiger partial charge is 0.261 e. The summed E-state index contributed by atoms with van der Waals surface area (Å²) in [7, 11) is 0. The fourth-order valence-electron chi connectivity index (χ4n) is 2.33. The van der Waals surface area contributed by atoms with Gasteiger partial charge in [0.05, 0.1) is 6.54 Å². The average molecular weight is 372 g/mol. The number of aromatic nitrogens is 2. The van der Waals surface area contributed by atoms with E-state index in [9.17, 15) is 4.79 Å². The first-order valence-electron chi connectivity index (χ1n) is 8.11. The zero-order valence-corrected chi connectivity index (χ0v) is 15.2. The second-order valence-corrected chi connectivity index (χ2v) is 6.26. The third-order valence-corrected chi connectivity index (χ3v) is 3.87. The van der Waals surface area contributed by atoms with Gasteiger partial charge in [0.25, 0.3) is 11.8 Å². The van der Waals surface area contributed by atoms with Crippen LogP contribution in [0.1, 0.15) is 18.3 Å². The molecule has 26 heavy (non-hydrogen) atoms. The molecule has 0 radical (unpaired) electrons. The number of rotatable bonds is 6. The quantitative estimate of drug-likeness (QED) is 0.713. The average Bonchev–Trinajstić information content (AvgIpc) is 3.08. The van der Waals surface area contributed by atoms with Gasteiger partial charge >= 0.3 is 0 Å². The second-order valence-electron chi connectivity index (χ2n) is 5.82. The lowest BCUT2D eigenvalue weighted by Gasteiger charge is -2.14. The number of carbonyl (C=O) groups is 1. The Labute approximate surface area is 156 Å². The zero-order chi connectivity index (χ0) is 18.5. The molecule has 0 aliphatic rings. The van der Waals surface area contributed by atoms with Gasteiger partial charge in [-0.2, -0.15) is 4.98 Å². The van der Waals surface area contributed by atoms with E-state index < -0.39 is 6.10 Å². The van der Waals surface area contributed by atoms with Crippen LogP contribution in [0.2, 0.25) is 5.02 Å². The number of hydrogen-bond acceptors (Lipinski definition) is 5. The summed E-state index contributed by atoms with van der Waals surface area (Å²) >= 11 is 5.90. The molecule has 0 saturated heterocycles. The Morgan fingerprint density at radius 2 is 2.08 bits per heavy atom. The van der Waals surface area contributed by atoms with Crippen LogP contribution in [0.4, 0.5) is 0 Å². The molecule has 134 valence electrons. The Morgan fingerprint density at radius 1 is 1.27 bits per heavy atom. The standard InChI is InChI=1S/C19H18ClN3O3/c1-12-5-3-6-14(9-12)19-22-17(23-26-19)11-21-18(24)13(2)25-16-8-4-7-15(20)10-16/h3-10,13H,11H2,1-2H3,(H,21,24)/t13-/m0/s1. The summed E-state index contributed by atoms with van der Waals surface area (Å²) in [4.78, 5) is 16.5. The van der Waals surface area contributed by atoms with Crippen molar-refractivity contribution in [2.24, 2.45) is 0 Å². The normalized spacial score (nSPS) is 11.8. The van der Waals surface area contributed by atoms with E-state index in [2.05, 4.69) is 15.5 Å². The van der Waals surface area contributed by atoms with E-state index in [1.807, 2.05) is 31.2 Å². The molecule has 1 heterocycles. The highest BCUT2D eigenvalue weighted by Gasteiger charge is 2.16. The molecule has 0 fully saturated rings. The largest absolute Gasteiger partial charge is 0.481 e. The van der Waals surface area contributed by atoms with Crippen LogP contribution < -0.4 is 10.1 Å². The molecule has 1 amide bonds. The molecule has 0 aliphatic heterocycles. The minimum atomic E-state index is -0.684. The van der Waals surface area contributed by atoms with Gasteiger partial charge in [-0.3, -0.25) is 4.79 Å². The minimum absolute atomic E-state index is 0.150. The van der Waals surface area contributed by atoms with Gasteiger partial charge in [0.2, 0.25) is 0 Å². The SMILES string of the molecule is Cc1cccc(-c2nc(CNC(=O)[C@H](C)Oc3cccc(Cl)c3)no2)c1. The monoisotopic (exact) mass is 371 g/mol. The molecule has 1 aromatic heterocycles. The molecule has 0 aliphatic carbocycles. The molecular weight excluding hydrogens is 354 g/mol. The van der Waals surface area contributed by atoms with E-state index in [0.717, 1.165) is 11.1 Å². The Kier molecular flexibility index (Phi) is 5.53. The van der Waals surface area contributed by atoms with Crippen molar-refractivity contribution in [2.75, 3.05) is 0 Å². The summed E-state index contributed by atoms with van der Waals surface area (Å²) in [5.74, 6) is 1.05. The maximum Gasteiger partial charge on any atom is 0.261 e. The summed E-state index contributed by atoms with van der Waals surface area (Å²) in [6, 6.07) is 14.6. The van der Waals surface area contributed by atoms with Crippen molar-refractivity contribution in [2.45, 2.75) is 26.5 Å². The first-order chi connectivity index (χ1) is 12.5. The molecule has 6 nitrogen and oxygen atoms in total. The van der Waals surface area contributed by atoms with E-state index in [-0.39, 0.29) is 12.5 Å². The summed E-state index contributed by atoms with van der Waals surface area (Å²) in [6.07, 6.45) is -0.684. The van der Waals surface area contributed by atoms with E-state index in [4.69, 9.17) is 20.9 Å². The van der Waals surface area contributed by atoms with Crippen molar-refractivity contribution in [1.82, 2.24) is 15.5 Å². The van der Waals surface area contributed by atoms with Gasteiger partial charge in [-0.15, -0.1) is 0 Å². The van der Waals surface area contributed by atoms with Crippen LogP contribution >= 0.6 is 11.6 Å². The number of ether oxygens (including phenoxy) is 1. The van der Waals surface area contributed by atoms with Crippen LogP contribution in [0, 0.1) is 6.92 Å². The van der Waals surface area contributed by atoms with Crippen LogP contribution in [-0.4, -0.2) is 22.2 Å². The number of nitrogens with zero attached hydrogens (tertiary/aromatic N) is 2. The first kappa shape index (κ1) is 17.9. The minimum Gasteiger partial charge on any atom is -0.481 e. The van der Waals surface area contributed by atoms with Crippen LogP contribution in [0.3, 0.4) is 0 Å². The van der Waals surface area contributed by atoms with E-state index >= 15 is 0 Å². The van der Waals surface area contributed by atoms with Crippen molar-refractivity contribution in [3.63, 3.8) is 0 Å². The van der Waals surface area contributed by atoms with Gasteiger partial charge in [0.15, 0.2) is 11.9 Å². The third-order valence-electron chi connectivity index (χ3n) is 3.63. The second kappa shape index (κ2) is 8.01. The fraction of sp³-hybridized carbons (Fsp3) is 0.211. The van der Waals surface area contributed by atoms with Crippen molar-refractivity contribution < 1.29 is 14.1 Å². The lowest BCUT2D eigenvalue weighted by Crippen LogP contribution is -2.36. The Balaban J connectivity index is 1.56. The van der Waals surface area contributed by atoms with Crippen LogP contribution in [-0.2, 0) is 11.3 Å². The van der Waals surface area contributed by atoms with Gasteiger partial charge < -0.3 is 14.6 Å². The predicted molar refractivity (Wildman–Crippen MR) is 97.9 cm³/mol. The Bertz CT molecular complexity index is 910. The van der Waals surface area contributed by atoms with Crippen molar-refractivity contribution >= 4 is 17.5 Å². The lowest BCUT2D eigenvalue weighted by atomic mass is 10.1. The Morgan fingerprint density at radius 3 is 2.85 bits per heavy atom. The number of carbonyl (C=O) groups excluding carboxylic acids is 1. The molecule has 3 aromatic rings. The van der Waals surface area contributed by atoms with Crippen LogP contribution in [0.25, 0.3) is 11.5 Å². The van der Waals surface area contributed by atoms with E-state index in [0.29, 0.717) is 22.5 Å². The summed E-state index contributed by atoms with van der Waals surface area (Å²) in [5.41, 5.74) is 1.94. The van der Waals surface area contributed by atoms with Crippen molar-refractivity contribution in [1.29, 1.82) is 0 Å². The maximum absolute atomic E-state index is 12.2. The highest BCUT2D eigenvalue weighted by molar-refractivity contribution is 6.30. The molecule has 0 bridgehead atoms. The number of aryl methyl sites for hydroxylation is 1. The van der Waals surface area contributed by atoms with E-state index in [1.54, 1.807) is 31.2 Å². The highest BCUT2D eigenvalue weighted by Crippen LogP contribution is 2.19. The van der Waals surface area contributed by atoms with Gasteiger partial charge in [-0.25, -0.2) is 0 Å². The molecule has 1 atom stereocenters. The van der Waals surface area contributed by atoms with Gasteiger partial charge in [0.1, 0.15) is 5.75 Å². The predicted octanol–water partition coefficient (Wildman–Crippen LogP) is 3.78. The molecule has 0 unspecified atom stereocenters. The van der Waals surface area contributed by atoms with Crippen LogP contribution in [0.15, 0.2) is 53.1 Å². The van der Waals surface area contributed by atoms with Gasteiger partial charge in [-0.05, 0) is 44.2 Å². The summed E-state index contributed by atoms with van der Waals surface area (Å²) in [6.45, 7) is 3.80.